The summed E-state index contributed by atoms with van der Waals surface area (Å²) in [5.74, 6) is 0. The summed E-state index contributed by atoms with van der Waals surface area (Å²) in [6.45, 7) is 3.12. The molecule has 17 heavy (non-hydrogen) atoms. The number of hydrogen-bond acceptors (Lipinski definition) is 4. The average Bonchev–Trinajstić information content (AvgIpc) is 2.39. The monoisotopic (exact) mass is 269 g/mol. The lowest BCUT2D eigenvalue weighted by Crippen LogP contribution is -2.43. The summed E-state index contributed by atoms with van der Waals surface area (Å²) < 4.78 is 5.79. The standard InChI is InChI=1S/C12H16ClN3S/c13-10-1-2-12-9(7-10)8-15-17-16(12)11-3-5-14-6-4-11/h1-2,7,11,14-15H,3-6,8H2. The summed E-state index contributed by atoms with van der Waals surface area (Å²) in [7, 11) is 0. The fraction of sp³-hybridized carbons (Fsp3) is 0.500. The first-order valence-corrected chi connectivity index (χ1v) is 7.18. The van der Waals surface area contributed by atoms with E-state index >= 15 is 0 Å². The van der Waals surface area contributed by atoms with E-state index in [0.717, 1.165) is 24.7 Å². The highest BCUT2D eigenvalue weighted by atomic mass is 35.5. The smallest absolute Gasteiger partial charge is 0.0531 e. The second-order valence-corrected chi connectivity index (χ2v) is 5.79. The van der Waals surface area contributed by atoms with Crippen LogP contribution in [0.2, 0.25) is 5.02 Å². The van der Waals surface area contributed by atoms with E-state index in [0.29, 0.717) is 6.04 Å². The van der Waals surface area contributed by atoms with E-state index in [-0.39, 0.29) is 0 Å². The number of halogens is 1. The molecule has 92 valence electrons. The van der Waals surface area contributed by atoms with Crippen molar-refractivity contribution in [3.05, 3.63) is 28.8 Å². The predicted molar refractivity (Wildman–Crippen MR) is 74.3 cm³/mol. The van der Waals surface area contributed by atoms with E-state index in [2.05, 4.69) is 26.5 Å². The van der Waals surface area contributed by atoms with Crippen molar-refractivity contribution in [3.63, 3.8) is 0 Å². The van der Waals surface area contributed by atoms with Crippen molar-refractivity contribution in [2.45, 2.75) is 25.4 Å². The molecular formula is C12H16ClN3S. The lowest BCUT2D eigenvalue weighted by molar-refractivity contribution is 0.461. The SMILES string of the molecule is Clc1ccc2c(c1)CNSN2C1CCNCC1. The molecular weight excluding hydrogens is 254 g/mol. The van der Waals surface area contributed by atoms with Crippen LogP contribution in [-0.2, 0) is 6.54 Å². The van der Waals surface area contributed by atoms with Crippen LogP contribution in [0, 0.1) is 0 Å². The van der Waals surface area contributed by atoms with Gasteiger partial charge in [-0.1, -0.05) is 11.6 Å². The Morgan fingerprint density at radius 1 is 1.29 bits per heavy atom. The molecule has 2 aliphatic heterocycles. The van der Waals surface area contributed by atoms with E-state index < -0.39 is 0 Å². The summed E-state index contributed by atoms with van der Waals surface area (Å²) in [6.07, 6.45) is 2.41. The lowest BCUT2D eigenvalue weighted by atomic mass is 10.0. The van der Waals surface area contributed by atoms with Crippen molar-refractivity contribution in [1.29, 1.82) is 0 Å². The van der Waals surface area contributed by atoms with Gasteiger partial charge in [0.25, 0.3) is 0 Å². The zero-order valence-electron chi connectivity index (χ0n) is 9.58. The maximum atomic E-state index is 6.05. The molecule has 2 N–H and O–H groups in total. The first-order valence-electron chi connectivity index (χ1n) is 6.03. The Kier molecular flexibility index (Phi) is 3.47. The van der Waals surface area contributed by atoms with Gasteiger partial charge >= 0.3 is 0 Å². The van der Waals surface area contributed by atoms with Crippen LogP contribution in [0.4, 0.5) is 5.69 Å². The van der Waals surface area contributed by atoms with Gasteiger partial charge in [-0.05, 0) is 49.7 Å². The molecule has 0 radical (unpaired) electrons. The highest BCUT2D eigenvalue weighted by Crippen LogP contribution is 2.35. The van der Waals surface area contributed by atoms with Gasteiger partial charge in [-0.15, -0.1) is 0 Å². The fourth-order valence-electron chi connectivity index (χ4n) is 2.45. The minimum Gasteiger partial charge on any atom is -0.317 e. The van der Waals surface area contributed by atoms with Crippen LogP contribution >= 0.6 is 23.7 Å². The first-order chi connectivity index (χ1) is 8.34. The van der Waals surface area contributed by atoms with E-state index in [1.54, 1.807) is 12.1 Å². The molecule has 0 spiro atoms. The number of piperidine rings is 1. The van der Waals surface area contributed by atoms with E-state index in [1.165, 1.54) is 24.1 Å². The second kappa shape index (κ2) is 5.06. The minimum absolute atomic E-state index is 0.619. The molecule has 0 atom stereocenters. The van der Waals surface area contributed by atoms with E-state index in [1.807, 2.05) is 6.07 Å². The van der Waals surface area contributed by atoms with Gasteiger partial charge in [0.15, 0.2) is 0 Å². The quantitative estimate of drug-likeness (QED) is 0.767. The Morgan fingerprint density at radius 2 is 2.12 bits per heavy atom. The van der Waals surface area contributed by atoms with Crippen molar-refractivity contribution in [3.8, 4) is 0 Å². The molecule has 0 unspecified atom stereocenters. The highest BCUT2D eigenvalue weighted by Gasteiger charge is 2.26. The zero-order chi connectivity index (χ0) is 11.7. The van der Waals surface area contributed by atoms with Crippen molar-refractivity contribution in [2.24, 2.45) is 0 Å². The third-order valence-corrected chi connectivity index (χ3v) is 4.54. The Bertz CT molecular complexity index is 407. The molecule has 0 bridgehead atoms. The summed E-state index contributed by atoms with van der Waals surface area (Å²) in [5, 5.41) is 4.23. The van der Waals surface area contributed by atoms with Crippen LogP contribution in [0.5, 0.6) is 0 Å². The molecule has 1 fully saturated rings. The normalized spacial score (nSPS) is 21.4. The summed E-state index contributed by atoms with van der Waals surface area (Å²) in [5.41, 5.74) is 2.62. The number of fused-ring (bicyclic) bond motifs is 1. The van der Waals surface area contributed by atoms with Gasteiger partial charge in [-0.2, -0.15) is 0 Å². The molecule has 0 saturated carbocycles. The molecule has 0 aromatic heterocycles. The van der Waals surface area contributed by atoms with Gasteiger partial charge in [0.2, 0.25) is 0 Å². The van der Waals surface area contributed by atoms with Gasteiger partial charge in [0.1, 0.15) is 0 Å². The first kappa shape index (κ1) is 11.7. The van der Waals surface area contributed by atoms with Crippen molar-refractivity contribution in [2.75, 3.05) is 17.4 Å². The zero-order valence-corrected chi connectivity index (χ0v) is 11.2. The number of nitrogens with one attached hydrogen (secondary N) is 2. The third-order valence-electron chi connectivity index (χ3n) is 3.34. The number of anilines is 1. The number of nitrogens with zero attached hydrogens (tertiary/aromatic N) is 1. The predicted octanol–water partition coefficient (Wildman–Crippen LogP) is 2.56. The van der Waals surface area contributed by atoms with Crippen LogP contribution in [0.25, 0.3) is 0 Å². The van der Waals surface area contributed by atoms with Crippen molar-refractivity contribution >= 4 is 29.4 Å². The molecule has 1 saturated heterocycles. The average molecular weight is 270 g/mol. The fourth-order valence-corrected chi connectivity index (χ4v) is 3.64. The van der Waals surface area contributed by atoms with Crippen molar-refractivity contribution < 1.29 is 0 Å². The Hall–Kier alpha value is -0.420. The van der Waals surface area contributed by atoms with Crippen molar-refractivity contribution in [1.82, 2.24) is 10.0 Å². The number of hydrogen-bond donors (Lipinski definition) is 2. The Morgan fingerprint density at radius 3 is 2.94 bits per heavy atom. The molecule has 1 aromatic carbocycles. The van der Waals surface area contributed by atoms with Crippen LogP contribution in [0.1, 0.15) is 18.4 Å². The molecule has 0 amide bonds. The lowest BCUT2D eigenvalue weighted by Gasteiger charge is -2.38. The molecule has 3 nitrogen and oxygen atoms in total. The second-order valence-electron chi connectivity index (χ2n) is 4.49. The molecule has 2 heterocycles. The molecule has 0 aliphatic carbocycles. The van der Waals surface area contributed by atoms with Crippen LogP contribution in [0.3, 0.4) is 0 Å². The molecule has 3 rings (SSSR count). The highest BCUT2D eigenvalue weighted by molar-refractivity contribution is 7.98. The van der Waals surface area contributed by atoms with Crippen LogP contribution < -0.4 is 14.3 Å². The summed E-state index contributed by atoms with van der Waals surface area (Å²) in [4.78, 5) is 0. The summed E-state index contributed by atoms with van der Waals surface area (Å²) in [6, 6.07) is 6.82. The Balaban J connectivity index is 1.88. The van der Waals surface area contributed by atoms with Crippen LogP contribution in [-0.4, -0.2) is 19.1 Å². The largest absolute Gasteiger partial charge is 0.317 e. The van der Waals surface area contributed by atoms with E-state index in [9.17, 15) is 0 Å². The van der Waals surface area contributed by atoms with Gasteiger partial charge < -0.3 is 5.32 Å². The molecule has 2 aliphatic rings. The van der Waals surface area contributed by atoms with Gasteiger partial charge in [-0.3, -0.25) is 4.31 Å². The van der Waals surface area contributed by atoms with Gasteiger partial charge in [0, 0.05) is 29.7 Å². The maximum Gasteiger partial charge on any atom is 0.0531 e. The number of benzene rings is 1. The number of rotatable bonds is 1. The minimum atomic E-state index is 0.619. The Labute approximate surface area is 111 Å². The summed E-state index contributed by atoms with van der Waals surface area (Å²) >= 11 is 7.78. The topological polar surface area (TPSA) is 27.3 Å². The van der Waals surface area contributed by atoms with Crippen LogP contribution in [0.15, 0.2) is 18.2 Å². The molecule has 1 aromatic rings. The maximum absolute atomic E-state index is 6.05. The molecule has 5 heteroatoms. The van der Waals surface area contributed by atoms with Gasteiger partial charge in [-0.25, -0.2) is 4.72 Å². The van der Waals surface area contributed by atoms with E-state index in [4.69, 9.17) is 11.6 Å². The third kappa shape index (κ3) is 2.40. The van der Waals surface area contributed by atoms with Gasteiger partial charge in [0.05, 0.1) is 5.69 Å².